The van der Waals surface area contributed by atoms with Gasteiger partial charge in [-0.25, -0.2) is 0 Å². The van der Waals surface area contributed by atoms with E-state index in [-0.39, 0.29) is 18.6 Å². The Kier molecular flexibility index (Phi) is 5.42. The van der Waals surface area contributed by atoms with Crippen molar-refractivity contribution in [1.82, 2.24) is 4.90 Å². The summed E-state index contributed by atoms with van der Waals surface area (Å²) in [5, 5.41) is 18.3. The Bertz CT molecular complexity index is 213. The predicted octanol–water partition coefficient (Wildman–Crippen LogP) is 0.649. The lowest BCUT2D eigenvalue weighted by Crippen LogP contribution is -2.46. The van der Waals surface area contributed by atoms with Crippen molar-refractivity contribution in [2.45, 2.75) is 31.9 Å². The summed E-state index contributed by atoms with van der Waals surface area (Å²) in [5.74, 6) is 1.15. The molecule has 1 fully saturated rings. The van der Waals surface area contributed by atoms with Crippen LogP contribution in [0.3, 0.4) is 0 Å². The molecule has 0 spiro atoms. The van der Waals surface area contributed by atoms with Crippen LogP contribution in [0.4, 0.5) is 0 Å². The maximum Gasteiger partial charge on any atom is 0.304 e. The second kappa shape index (κ2) is 6.35. The molecule has 1 aliphatic heterocycles. The van der Waals surface area contributed by atoms with Crippen LogP contribution < -0.4 is 0 Å². The lowest BCUT2D eigenvalue weighted by molar-refractivity contribution is -0.138. The van der Waals surface area contributed by atoms with Crippen molar-refractivity contribution in [3.05, 3.63) is 0 Å². The third-order valence-electron chi connectivity index (χ3n) is 2.68. The van der Waals surface area contributed by atoms with Crippen LogP contribution in [0.15, 0.2) is 0 Å². The molecule has 1 aliphatic rings. The molecule has 0 bridgehead atoms. The van der Waals surface area contributed by atoms with E-state index in [1.807, 2.05) is 6.92 Å². The molecule has 5 heteroatoms. The number of carboxylic acid groups (broad SMARTS) is 1. The normalized spacial score (nSPS) is 25.1. The van der Waals surface area contributed by atoms with Crippen LogP contribution in [-0.2, 0) is 4.79 Å². The lowest BCUT2D eigenvalue weighted by atomic mass is 10.1. The maximum atomic E-state index is 10.7. The van der Waals surface area contributed by atoms with E-state index in [1.165, 1.54) is 0 Å². The predicted molar refractivity (Wildman–Crippen MR) is 61.2 cm³/mol. The third-order valence-corrected chi connectivity index (χ3v) is 3.77. The first kappa shape index (κ1) is 12.8. The van der Waals surface area contributed by atoms with Crippen molar-refractivity contribution in [2.75, 3.05) is 24.6 Å². The average Bonchev–Trinajstić information content (AvgIpc) is 2.20. The van der Waals surface area contributed by atoms with Crippen LogP contribution in [0.2, 0.25) is 0 Å². The molecule has 1 rings (SSSR count). The van der Waals surface area contributed by atoms with Gasteiger partial charge in [0, 0.05) is 30.6 Å². The molecule has 0 saturated carbocycles. The minimum Gasteiger partial charge on any atom is -0.481 e. The van der Waals surface area contributed by atoms with Crippen molar-refractivity contribution >= 4 is 17.7 Å². The number of β-amino-alcohol motifs (C(OH)–C–C–N with tert-alkyl or cyclic N) is 1. The number of hydrogen-bond acceptors (Lipinski definition) is 4. The van der Waals surface area contributed by atoms with Gasteiger partial charge in [-0.2, -0.15) is 11.8 Å². The largest absolute Gasteiger partial charge is 0.481 e. The molecule has 1 heterocycles. The Morgan fingerprint density at radius 2 is 2.40 bits per heavy atom. The van der Waals surface area contributed by atoms with E-state index in [0.29, 0.717) is 6.54 Å². The molecular formula is C10H19NO3S. The number of aliphatic hydroxyl groups is 1. The van der Waals surface area contributed by atoms with Crippen molar-refractivity contribution < 1.29 is 15.0 Å². The number of hydrogen-bond donors (Lipinski definition) is 2. The second-order valence-corrected chi connectivity index (χ2v) is 5.03. The molecule has 0 amide bonds. The summed E-state index contributed by atoms with van der Waals surface area (Å²) < 4.78 is 0. The summed E-state index contributed by atoms with van der Waals surface area (Å²) in [5.41, 5.74) is 0. The highest BCUT2D eigenvalue weighted by molar-refractivity contribution is 7.99. The van der Waals surface area contributed by atoms with Crippen molar-refractivity contribution in [3.8, 4) is 0 Å². The van der Waals surface area contributed by atoms with Crippen molar-refractivity contribution in [2.24, 2.45) is 0 Å². The molecule has 0 radical (unpaired) electrons. The van der Waals surface area contributed by atoms with Gasteiger partial charge >= 0.3 is 5.97 Å². The fourth-order valence-corrected chi connectivity index (χ4v) is 2.85. The molecular weight excluding hydrogens is 214 g/mol. The first-order valence-electron chi connectivity index (χ1n) is 5.35. The lowest BCUT2D eigenvalue weighted by Gasteiger charge is -2.35. The number of carbonyl (C=O) groups is 1. The van der Waals surface area contributed by atoms with Crippen LogP contribution in [-0.4, -0.2) is 57.8 Å². The van der Waals surface area contributed by atoms with E-state index >= 15 is 0 Å². The van der Waals surface area contributed by atoms with Gasteiger partial charge in [-0.3, -0.25) is 9.69 Å². The highest BCUT2D eigenvalue weighted by Gasteiger charge is 2.25. The highest BCUT2D eigenvalue weighted by Crippen LogP contribution is 2.19. The van der Waals surface area contributed by atoms with E-state index in [2.05, 4.69) is 4.90 Å². The van der Waals surface area contributed by atoms with Gasteiger partial charge in [0.25, 0.3) is 0 Å². The Morgan fingerprint density at radius 1 is 1.67 bits per heavy atom. The zero-order valence-corrected chi connectivity index (χ0v) is 9.87. The van der Waals surface area contributed by atoms with Gasteiger partial charge in [0.05, 0.1) is 12.5 Å². The summed E-state index contributed by atoms with van der Waals surface area (Å²) >= 11 is 1.80. The van der Waals surface area contributed by atoms with Crippen molar-refractivity contribution in [1.29, 1.82) is 0 Å². The topological polar surface area (TPSA) is 60.8 Å². The number of carboxylic acids is 1. The first-order chi connectivity index (χ1) is 7.13. The summed E-state index contributed by atoms with van der Waals surface area (Å²) in [7, 11) is 0. The minimum atomic E-state index is -0.751. The Morgan fingerprint density at radius 3 is 3.00 bits per heavy atom. The monoisotopic (exact) mass is 233 g/mol. The van der Waals surface area contributed by atoms with Crippen LogP contribution >= 0.6 is 11.8 Å². The number of aliphatic hydroxyl groups excluding tert-OH is 1. The summed E-state index contributed by atoms with van der Waals surface area (Å²) in [6.45, 7) is 3.43. The summed E-state index contributed by atoms with van der Waals surface area (Å²) in [4.78, 5) is 12.8. The fourth-order valence-electron chi connectivity index (χ4n) is 1.72. The van der Waals surface area contributed by atoms with Gasteiger partial charge in [-0.05, 0) is 6.42 Å². The van der Waals surface area contributed by atoms with Crippen LogP contribution in [0.25, 0.3) is 0 Å². The average molecular weight is 233 g/mol. The van der Waals surface area contributed by atoms with Gasteiger partial charge in [0.1, 0.15) is 0 Å². The minimum absolute atomic E-state index is 0.0856. The van der Waals surface area contributed by atoms with E-state index in [4.69, 9.17) is 5.11 Å². The molecule has 0 aromatic carbocycles. The second-order valence-electron chi connectivity index (χ2n) is 3.88. The van der Waals surface area contributed by atoms with Crippen molar-refractivity contribution in [3.63, 3.8) is 0 Å². The van der Waals surface area contributed by atoms with E-state index in [9.17, 15) is 9.90 Å². The number of nitrogens with zero attached hydrogens (tertiary/aromatic N) is 1. The SMILES string of the molecule is CCC(O)CN1CCSCC1CC(=O)O. The van der Waals surface area contributed by atoms with Gasteiger partial charge in [-0.1, -0.05) is 6.92 Å². The molecule has 0 aliphatic carbocycles. The summed E-state index contributed by atoms with van der Waals surface area (Å²) in [6.07, 6.45) is 0.580. The first-order valence-corrected chi connectivity index (χ1v) is 6.50. The number of thioether (sulfide) groups is 1. The van der Waals surface area contributed by atoms with Gasteiger partial charge < -0.3 is 10.2 Å². The van der Waals surface area contributed by atoms with Crippen LogP contribution in [0.1, 0.15) is 19.8 Å². The van der Waals surface area contributed by atoms with E-state index < -0.39 is 5.97 Å². The van der Waals surface area contributed by atoms with Gasteiger partial charge in [0.2, 0.25) is 0 Å². The molecule has 2 atom stereocenters. The molecule has 0 aromatic heterocycles. The maximum absolute atomic E-state index is 10.7. The number of rotatable bonds is 5. The van der Waals surface area contributed by atoms with Crippen LogP contribution in [0, 0.1) is 0 Å². The Balaban J connectivity index is 2.45. The highest BCUT2D eigenvalue weighted by atomic mass is 32.2. The smallest absolute Gasteiger partial charge is 0.304 e. The zero-order chi connectivity index (χ0) is 11.3. The van der Waals surface area contributed by atoms with E-state index in [0.717, 1.165) is 24.5 Å². The Hall–Kier alpha value is -0.260. The third kappa shape index (κ3) is 4.40. The zero-order valence-electron chi connectivity index (χ0n) is 9.06. The Labute approximate surface area is 94.7 Å². The quantitative estimate of drug-likeness (QED) is 0.730. The van der Waals surface area contributed by atoms with Gasteiger partial charge in [0.15, 0.2) is 0 Å². The summed E-state index contributed by atoms with van der Waals surface area (Å²) in [6, 6.07) is 0.0856. The molecule has 0 aromatic rings. The molecule has 4 nitrogen and oxygen atoms in total. The standard InChI is InChI=1S/C10H19NO3S/c1-2-9(12)6-11-3-4-15-7-8(11)5-10(13)14/h8-9,12H,2-7H2,1H3,(H,13,14). The van der Waals surface area contributed by atoms with Gasteiger partial charge in [-0.15, -0.1) is 0 Å². The van der Waals surface area contributed by atoms with Crippen LogP contribution in [0.5, 0.6) is 0 Å². The molecule has 2 unspecified atom stereocenters. The van der Waals surface area contributed by atoms with E-state index in [1.54, 1.807) is 11.8 Å². The molecule has 2 N–H and O–H groups in total. The number of aliphatic carboxylic acids is 1. The molecule has 15 heavy (non-hydrogen) atoms. The molecule has 88 valence electrons. The fraction of sp³-hybridized carbons (Fsp3) is 0.900. The molecule has 1 saturated heterocycles.